The molecule has 0 aliphatic carbocycles. The van der Waals surface area contributed by atoms with Crippen LogP contribution in [0.5, 0.6) is 0 Å². The van der Waals surface area contributed by atoms with Crippen LogP contribution in [0.2, 0.25) is 5.02 Å². The van der Waals surface area contributed by atoms with E-state index in [-0.39, 0.29) is 31.3 Å². The van der Waals surface area contributed by atoms with Gasteiger partial charge in [-0.15, -0.1) is 0 Å². The van der Waals surface area contributed by atoms with Crippen molar-refractivity contribution in [3.05, 3.63) is 64.2 Å². The fourth-order valence-electron chi connectivity index (χ4n) is 3.99. The maximum atomic E-state index is 13.4. The molecule has 0 spiro atoms. The van der Waals surface area contributed by atoms with E-state index in [1.54, 1.807) is 11.0 Å². The molecule has 192 valence electrons. The maximum Gasteiger partial charge on any atom is 0.242 e. The Morgan fingerprint density at radius 1 is 1.09 bits per heavy atom. The number of anilines is 1. The minimum absolute atomic E-state index is 0.0945. The van der Waals surface area contributed by atoms with Crippen molar-refractivity contribution >= 4 is 39.1 Å². The number of sulfonamides is 1. The van der Waals surface area contributed by atoms with Crippen molar-refractivity contribution in [1.29, 1.82) is 0 Å². The summed E-state index contributed by atoms with van der Waals surface area (Å²) in [6.45, 7) is 8.28. The lowest BCUT2D eigenvalue weighted by Gasteiger charge is -2.31. The van der Waals surface area contributed by atoms with Crippen LogP contribution in [0.25, 0.3) is 0 Å². The van der Waals surface area contributed by atoms with Crippen molar-refractivity contribution in [2.75, 3.05) is 23.7 Å². The van der Waals surface area contributed by atoms with E-state index in [1.165, 1.54) is 10.6 Å². The third-order valence-corrected chi connectivity index (χ3v) is 7.37. The number of carbonyl (C=O) groups excluding carboxylic acids is 2. The fraction of sp³-hybridized carbons (Fsp3) is 0.462. The Balaban J connectivity index is 2.25. The summed E-state index contributed by atoms with van der Waals surface area (Å²) >= 11 is 6.34. The Labute approximate surface area is 214 Å². The second kappa shape index (κ2) is 12.9. The minimum atomic E-state index is -3.54. The van der Waals surface area contributed by atoms with Crippen LogP contribution >= 0.6 is 11.6 Å². The zero-order chi connectivity index (χ0) is 26.2. The van der Waals surface area contributed by atoms with Crippen molar-refractivity contribution in [1.82, 2.24) is 10.2 Å². The first-order valence-electron chi connectivity index (χ1n) is 11.8. The molecule has 1 unspecified atom stereocenters. The Morgan fingerprint density at radius 3 is 2.37 bits per heavy atom. The van der Waals surface area contributed by atoms with E-state index in [0.29, 0.717) is 30.1 Å². The predicted octanol–water partition coefficient (Wildman–Crippen LogP) is 4.45. The molecule has 1 N–H and O–H groups in total. The third-order valence-electron chi connectivity index (χ3n) is 5.82. The molecule has 2 aromatic carbocycles. The molecule has 9 heteroatoms. The summed E-state index contributed by atoms with van der Waals surface area (Å²) in [5, 5.41) is 3.33. The van der Waals surface area contributed by atoms with Gasteiger partial charge in [-0.3, -0.25) is 13.9 Å². The topological polar surface area (TPSA) is 86.8 Å². The molecule has 2 aromatic rings. The van der Waals surface area contributed by atoms with Gasteiger partial charge in [0.1, 0.15) is 6.04 Å². The molecule has 7 nitrogen and oxygen atoms in total. The molecule has 0 aliphatic heterocycles. The summed E-state index contributed by atoms with van der Waals surface area (Å²) < 4.78 is 26.5. The monoisotopic (exact) mass is 521 g/mol. The van der Waals surface area contributed by atoms with E-state index in [2.05, 4.69) is 5.32 Å². The minimum Gasteiger partial charge on any atom is -0.355 e. The van der Waals surface area contributed by atoms with Gasteiger partial charge in [0.2, 0.25) is 21.8 Å². The smallest absolute Gasteiger partial charge is 0.242 e. The van der Waals surface area contributed by atoms with Crippen LogP contribution < -0.4 is 9.62 Å². The largest absolute Gasteiger partial charge is 0.355 e. The van der Waals surface area contributed by atoms with Crippen molar-refractivity contribution in [3.63, 3.8) is 0 Å². The SMILES string of the molecule is CCNC(=O)C(CC)N(Cc1ccccc1Cl)C(=O)CCCN(c1cc(C)ccc1C)S(C)(=O)=O. The van der Waals surface area contributed by atoms with E-state index >= 15 is 0 Å². The van der Waals surface area contributed by atoms with E-state index in [0.717, 1.165) is 16.7 Å². The van der Waals surface area contributed by atoms with Gasteiger partial charge in [0.05, 0.1) is 11.9 Å². The van der Waals surface area contributed by atoms with Crippen molar-refractivity contribution in [2.24, 2.45) is 0 Å². The van der Waals surface area contributed by atoms with E-state index in [1.807, 2.05) is 64.1 Å². The summed E-state index contributed by atoms with van der Waals surface area (Å²) in [6.07, 6.45) is 2.02. The van der Waals surface area contributed by atoms with Gasteiger partial charge in [0.15, 0.2) is 0 Å². The zero-order valence-corrected chi connectivity index (χ0v) is 22.7. The van der Waals surface area contributed by atoms with E-state index < -0.39 is 16.1 Å². The molecule has 0 aromatic heterocycles. The van der Waals surface area contributed by atoms with Crippen LogP contribution in [0.3, 0.4) is 0 Å². The van der Waals surface area contributed by atoms with Crippen LogP contribution in [0.15, 0.2) is 42.5 Å². The number of halogens is 1. The van der Waals surface area contributed by atoms with Gasteiger partial charge in [-0.2, -0.15) is 0 Å². The Bertz CT molecular complexity index is 1140. The number of likely N-dealkylation sites (N-methyl/N-ethyl adjacent to an activating group) is 1. The highest BCUT2D eigenvalue weighted by Gasteiger charge is 2.29. The highest BCUT2D eigenvalue weighted by molar-refractivity contribution is 7.92. The first-order chi connectivity index (χ1) is 16.5. The molecule has 0 aliphatic rings. The molecule has 35 heavy (non-hydrogen) atoms. The van der Waals surface area contributed by atoms with Gasteiger partial charge in [-0.05, 0) is 62.4 Å². The second-order valence-electron chi connectivity index (χ2n) is 8.66. The lowest BCUT2D eigenvalue weighted by molar-refractivity contribution is -0.141. The van der Waals surface area contributed by atoms with Crippen LogP contribution in [-0.2, 0) is 26.2 Å². The number of carbonyl (C=O) groups is 2. The highest BCUT2D eigenvalue weighted by Crippen LogP contribution is 2.25. The Hall–Kier alpha value is -2.58. The first-order valence-corrected chi connectivity index (χ1v) is 14.1. The van der Waals surface area contributed by atoms with Crippen molar-refractivity contribution in [2.45, 2.75) is 59.5 Å². The van der Waals surface area contributed by atoms with Gasteiger partial charge < -0.3 is 10.2 Å². The average molecular weight is 522 g/mol. The number of nitrogens with zero attached hydrogens (tertiary/aromatic N) is 2. The van der Waals surface area contributed by atoms with Gasteiger partial charge in [0, 0.05) is 31.1 Å². The molecule has 2 amide bonds. The maximum absolute atomic E-state index is 13.4. The quantitative estimate of drug-likeness (QED) is 0.447. The Morgan fingerprint density at radius 2 is 1.77 bits per heavy atom. The molecule has 0 radical (unpaired) electrons. The predicted molar refractivity (Wildman–Crippen MR) is 142 cm³/mol. The molecule has 2 rings (SSSR count). The number of nitrogens with one attached hydrogen (secondary N) is 1. The van der Waals surface area contributed by atoms with Crippen LogP contribution in [-0.4, -0.2) is 50.5 Å². The molecule has 0 fully saturated rings. The number of hydrogen-bond acceptors (Lipinski definition) is 4. The van der Waals surface area contributed by atoms with Gasteiger partial charge in [-0.25, -0.2) is 8.42 Å². The van der Waals surface area contributed by atoms with E-state index in [9.17, 15) is 18.0 Å². The van der Waals surface area contributed by atoms with Crippen LogP contribution in [0.1, 0.15) is 49.8 Å². The first kappa shape index (κ1) is 28.7. The summed E-state index contributed by atoms with van der Waals surface area (Å²) in [4.78, 5) is 27.7. The van der Waals surface area contributed by atoms with Crippen LogP contribution in [0.4, 0.5) is 5.69 Å². The van der Waals surface area contributed by atoms with E-state index in [4.69, 9.17) is 11.6 Å². The summed E-state index contributed by atoms with van der Waals surface area (Å²) in [5.41, 5.74) is 3.16. The number of amides is 2. The van der Waals surface area contributed by atoms with Gasteiger partial charge in [-0.1, -0.05) is 48.9 Å². The number of benzene rings is 2. The number of hydrogen-bond donors (Lipinski definition) is 1. The summed E-state index contributed by atoms with van der Waals surface area (Å²) in [6, 6.07) is 12.2. The zero-order valence-electron chi connectivity index (χ0n) is 21.2. The molecule has 0 saturated carbocycles. The fourth-order valence-corrected chi connectivity index (χ4v) is 5.20. The normalized spacial score (nSPS) is 12.2. The summed E-state index contributed by atoms with van der Waals surface area (Å²) in [5.74, 6) is -0.444. The lowest BCUT2D eigenvalue weighted by atomic mass is 10.1. The number of aryl methyl sites for hydroxylation is 2. The Kier molecular flexibility index (Phi) is 10.6. The van der Waals surface area contributed by atoms with Crippen molar-refractivity contribution < 1.29 is 18.0 Å². The summed E-state index contributed by atoms with van der Waals surface area (Å²) in [7, 11) is -3.54. The molecule has 0 heterocycles. The average Bonchev–Trinajstić information content (AvgIpc) is 2.79. The second-order valence-corrected chi connectivity index (χ2v) is 11.0. The standard InChI is InChI=1S/C26H36ClN3O4S/c1-6-23(26(32)28-7-2)29(18-21-11-8-9-12-22(21)27)25(31)13-10-16-30(35(5,33)34)24-17-19(3)14-15-20(24)4/h8-9,11-12,14-15,17,23H,6-7,10,13,16,18H2,1-5H3,(H,28,32). The van der Waals surface area contributed by atoms with Gasteiger partial charge >= 0.3 is 0 Å². The molecule has 0 saturated heterocycles. The van der Waals surface area contributed by atoms with Crippen LogP contribution in [0, 0.1) is 13.8 Å². The lowest BCUT2D eigenvalue weighted by Crippen LogP contribution is -2.49. The number of rotatable bonds is 12. The molecular formula is C26H36ClN3O4S. The third kappa shape index (κ3) is 7.97. The van der Waals surface area contributed by atoms with Gasteiger partial charge in [0.25, 0.3) is 0 Å². The molecular weight excluding hydrogens is 486 g/mol. The molecule has 0 bridgehead atoms. The van der Waals surface area contributed by atoms with Crippen molar-refractivity contribution in [3.8, 4) is 0 Å². The highest BCUT2D eigenvalue weighted by atomic mass is 35.5. The molecule has 1 atom stereocenters.